The van der Waals surface area contributed by atoms with E-state index < -0.39 is 28.5 Å². The SMILES string of the molecule is CCCCNC(=O)[C@@H](C)N(Cc1ccc(OC)cc1)C(=O)CN(c1ccccc1OC)S(=O)(=O)c1ccc(OC)cc1. The van der Waals surface area contributed by atoms with E-state index in [1.165, 1.54) is 43.4 Å². The van der Waals surface area contributed by atoms with Gasteiger partial charge in [0.1, 0.15) is 29.8 Å². The van der Waals surface area contributed by atoms with Crippen LogP contribution < -0.4 is 23.8 Å². The second kappa shape index (κ2) is 15.1. The molecule has 11 heteroatoms. The average molecular weight is 598 g/mol. The minimum Gasteiger partial charge on any atom is -0.497 e. The van der Waals surface area contributed by atoms with Gasteiger partial charge in [-0.3, -0.25) is 13.9 Å². The summed E-state index contributed by atoms with van der Waals surface area (Å²) in [7, 11) is 0.221. The number of carbonyl (C=O) groups excluding carboxylic acids is 2. The summed E-state index contributed by atoms with van der Waals surface area (Å²) >= 11 is 0. The van der Waals surface area contributed by atoms with Crippen LogP contribution in [0.15, 0.2) is 77.7 Å². The molecule has 0 fully saturated rings. The van der Waals surface area contributed by atoms with Crippen molar-refractivity contribution >= 4 is 27.5 Å². The lowest BCUT2D eigenvalue weighted by Crippen LogP contribution is -2.51. The van der Waals surface area contributed by atoms with Crippen molar-refractivity contribution in [2.24, 2.45) is 0 Å². The fourth-order valence-electron chi connectivity index (χ4n) is 4.27. The molecule has 0 saturated heterocycles. The maximum absolute atomic E-state index is 14.1. The van der Waals surface area contributed by atoms with Crippen molar-refractivity contribution in [3.05, 3.63) is 78.4 Å². The molecule has 42 heavy (non-hydrogen) atoms. The number of amides is 2. The molecule has 0 spiro atoms. The second-order valence-corrected chi connectivity index (χ2v) is 11.4. The van der Waals surface area contributed by atoms with Crippen LogP contribution >= 0.6 is 0 Å². The first-order valence-corrected chi connectivity index (χ1v) is 15.1. The van der Waals surface area contributed by atoms with E-state index in [0.717, 1.165) is 22.7 Å². The van der Waals surface area contributed by atoms with Crippen molar-refractivity contribution in [2.45, 2.75) is 44.2 Å². The van der Waals surface area contributed by atoms with Gasteiger partial charge in [0.25, 0.3) is 10.0 Å². The highest BCUT2D eigenvalue weighted by Crippen LogP contribution is 2.33. The van der Waals surface area contributed by atoms with Crippen LogP contribution in [0.4, 0.5) is 5.69 Å². The second-order valence-electron chi connectivity index (χ2n) is 9.55. The number of benzene rings is 3. The molecule has 0 aliphatic carbocycles. The molecule has 0 aliphatic rings. The molecule has 3 aromatic rings. The van der Waals surface area contributed by atoms with Crippen molar-refractivity contribution in [3.63, 3.8) is 0 Å². The van der Waals surface area contributed by atoms with Gasteiger partial charge in [0, 0.05) is 13.1 Å². The van der Waals surface area contributed by atoms with Crippen molar-refractivity contribution in [1.29, 1.82) is 0 Å². The number of anilines is 1. The molecule has 3 rings (SSSR count). The Hall–Kier alpha value is -4.25. The van der Waals surface area contributed by atoms with Gasteiger partial charge in [0.15, 0.2) is 0 Å². The van der Waals surface area contributed by atoms with Crippen LogP contribution in [0, 0.1) is 0 Å². The van der Waals surface area contributed by atoms with Crippen LogP contribution in [-0.4, -0.2) is 65.6 Å². The van der Waals surface area contributed by atoms with E-state index in [4.69, 9.17) is 14.2 Å². The zero-order valence-electron chi connectivity index (χ0n) is 24.7. The van der Waals surface area contributed by atoms with Gasteiger partial charge < -0.3 is 24.4 Å². The Morgan fingerprint density at radius 1 is 0.857 bits per heavy atom. The molecule has 0 heterocycles. The maximum Gasteiger partial charge on any atom is 0.264 e. The molecule has 3 aromatic carbocycles. The van der Waals surface area contributed by atoms with Gasteiger partial charge in [0.2, 0.25) is 11.8 Å². The first-order chi connectivity index (χ1) is 20.2. The minimum atomic E-state index is -4.25. The molecular formula is C31H39N3O7S. The van der Waals surface area contributed by atoms with Gasteiger partial charge in [0.05, 0.1) is 31.9 Å². The number of unbranched alkanes of at least 4 members (excludes halogenated alkanes) is 1. The van der Waals surface area contributed by atoms with Gasteiger partial charge in [-0.2, -0.15) is 0 Å². The fourth-order valence-corrected chi connectivity index (χ4v) is 5.70. The molecule has 1 N–H and O–H groups in total. The van der Waals surface area contributed by atoms with E-state index in [-0.39, 0.29) is 28.8 Å². The van der Waals surface area contributed by atoms with Crippen LogP contribution in [0.5, 0.6) is 17.2 Å². The first-order valence-electron chi connectivity index (χ1n) is 13.7. The summed E-state index contributed by atoms with van der Waals surface area (Å²) in [6.45, 7) is 3.63. The smallest absolute Gasteiger partial charge is 0.264 e. The largest absolute Gasteiger partial charge is 0.497 e. The van der Waals surface area contributed by atoms with E-state index in [1.807, 2.05) is 6.92 Å². The van der Waals surface area contributed by atoms with E-state index in [1.54, 1.807) is 62.6 Å². The molecule has 0 aromatic heterocycles. The molecule has 2 amide bonds. The third kappa shape index (κ3) is 7.94. The standard InChI is InChI=1S/C31H39N3O7S/c1-6-7-20-32-31(36)23(2)33(21-24-12-14-25(39-3)15-13-24)30(35)22-34(28-10-8-9-11-29(28)41-5)42(37,38)27-18-16-26(40-4)17-19-27/h8-19,23H,6-7,20-22H2,1-5H3,(H,32,36)/t23-/m1/s1. The number of rotatable bonds is 15. The van der Waals surface area contributed by atoms with Crippen molar-refractivity contribution in [1.82, 2.24) is 10.2 Å². The predicted octanol–water partition coefficient (Wildman–Crippen LogP) is 4.24. The molecule has 10 nitrogen and oxygen atoms in total. The molecule has 0 bridgehead atoms. The summed E-state index contributed by atoms with van der Waals surface area (Å²) in [6.07, 6.45) is 1.70. The van der Waals surface area contributed by atoms with Gasteiger partial charge in [-0.1, -0.05) is 37.6 Å². The van der Waals surface area contributed by atoms with Gasteiger partial charge in [-0.05, 0) is 67.4 Å². The Bertz CT molecular complexity index is 1430. The summed E-state index contributed by atoms with van der Waals surface area (Å²) in [4.78, 5) is 28.5. The fraction of sp³-hybridized carbons (Fsp3) is 0.355. The molecule has 0 radical (unpaired) electrons. The molecule has 0 aliphatic heterocycles. The zero-order chi connectivity index (χ0) is 30.7. The third-order valence-corrected chi connectivity index (χ3v) is 8.56. The van der Waals surface area contributed by atoms with Gasteiger partial charge in [-0.25, -0.2) is 8.42 Å². The number of hydrogen-bond acceptors (Lipinski definition) is 7. The van der Waals surface area contributed by atoms with Gasteiger partial charge >= 0.3 is 0 Å². The van der Waals surface area contributed by atoms with Crippen molar-refractivity contribution in [2.75, 3.05) is 38.7 Å². The summed E-state index contributed by atoms with van der Waals surface area (Å²) in [5.74, 6) is 0.519. The molecule has 0 saturated carbocycles. The maximum atomic E-state index is 14.1. The summed E-state index contributed by atoms with van der Waals surface area (Å²) in [5, 5.41) is 2.88. The number of para-hydroxylation sites is 2. The Balaban J connectivity index is 2.03. The van der Waals surface area contributed by atoms with E-state index in [2.05, 4.69) is 5.32 Å². The highest BCUT2D eigenvalue weighted by Gasteiger charge is 2.33. The Labute approximate surface area is 248 Å². The summed E-state index contributed by atoms with van der Waals surface area (Å²) in [5.41, 5.74) is 0.938. The first kappa shape index (κ1) is 32.3. The number of nitrogens with one attached hydrogen (secondary N) is 1. The Kier molecular flexibility index (Phi) is 11.6. The van der Waals surface area contributed by atoms with Crippen molar-refractivity contribution in [3.8, 4) is 17.2 Å². The molecular weight excluding hydrogens is 558 g/mol. The number of carbonyl (C=O) groups is 2. The number of sulfonamides is 1. The van der Waals surface area contributed by atoms with Crippen LogP contribution in [-0.2, 0) is 26.2 Å². The van der Waals surface area contributed by atoms with E-state index >= 15 is 0 Å². The third-order valence-electron chi connectivity index (χ3n) is 6.79. The summed E-state index contributed by atoms with van der Waals surface area (Å²) < 4.78 is 45.0. The quantitative estimate of drug-likeness (QED) is 0.261. The topological polar surface area (TPSA) is 114 Å². The molecule has 226 valence electrons. The Morgan fingerprint density at radius 2 is 1.45 bits per heavy atom. The van der Waals surface area contributed by atoms with E-state index in [9.17, 15) is 18.0 Å². The van der Waals surface area contributed by atoms with Crippen LogP contribution in [0.3, 0.4) is 0 Å². The van der Waals surface area contributed by atoms with E-state index in [0.29, 0.717) is 18.0 Å². The number of methoxy groups -OCH3 is 3. The van der Waals surface area contributed by atoms with Crippen LogP contribution in [0.25, 0.3) is 0 Å². The summed E-state index contributed by atoms with van der Waals surface area (Å²) in [6, 6.07) is 18.7. The minimum absolute atomic E-state index is 0.0333. The Morgan fingerprint density at radius 3 is 2.02 bits per heavy atom. The molecule has 1 atom stereocenters. The van der Waals surface area contributed by atoms with Crippen LogP contribution in [0.2, 0.25) is 0 Å². The highest BCUT2D eigenvalue weighted by atomic mass is 32.2. The zero-order valence-corrected chi connectivity index (χ0v) is 25.5. The monoisotopic (exact) mass is 597 g/mol. The predicted molar refractivity (Wildman–Crippen MR) is 161 cm³/mol. The average Bonchev–Trinajstić information content (AvgIpc) is 3.02. The molecule has 0 unspecified atom stereocenters. The lowest BCUT2D eigenvalue weighted by molar-refractivity contribution is -0.139. The number of hydrogen-bond donors (Lipinski definition) is 1. The normalized spacial score (nSPS) is 11.7. The highest BCUT2D eigenvalue weighted by molar-refractivity contribution is 7.92. The lowest BCUT2D eigenvalue weighted by Gasteiger charge is -2.32. The van der Waals surface area contributed by atoms with Gasteiger partial charge in [-0.15, -0.1) is 0 Å². The number of nitrogens with zero attached hydrogens (tertiary/aromatic N) is 2. The lowest BCUT2D eigenvalue weighted by atomic mass is 10.1. The number of ether oxygens (including phenoxy) is 3. The van der Waals surface area contributed by atoms with Crippen LogP contribution in [0.1, 0.15) is 32.3 Å². The van der Waals surface area contributed by atoms with Crippen molar-refractivity contribution < 1.29 is 32.2 Å².